The van der Waals surface area contributed by atoms with Gasteiger partial charge in [-0.2, -0.15) is 4.31 Å². The molecule has 27 heavy (non-hydrogen) atoms. The fraction of sp³-hybridized carbons (Fsp3) is 0.444. The molecule has 1 fully saturated rings. The highest BCUT2D eigenvalue weighted by atomic mass is 32.2. The normalized spacial score (nSPS) is 15.6. The minimum Gasteiger partial charge on any atom is -0.379 e. The van der Waals surface area contributed by atoms with Gasteiger partial charge in [-0.1, -0.05) is 17.3 Å². The second-order valence-corrected chi connectivity index (χ2v) is 8.35. The van der Waals surface area contributed by atoms with Crippen LogP contribution in [0.5, 0.6) is 0 Å². The Morgan fingerprint density at radius 3 is 2.44 bits per heavy atom. The van der Waals surface area contributed by atoms with Gasteiger partial charge in [0.2, 0.25) is 15.9 Å². The molecule has 146 valence electrons. The quantitative estimate of drug-likeness (QED) is 0.791. The molecule has 0 spiro atoms. The summed E-state index contributed by atoms with van der Waals surface area (Å²) < 4.78 is 36.9. The number of hydrogen-bond acceptors (Lipinski definition) is 6. The van der Waals surface area contributed by atoms with Crippen molar-refractivity contribution in [2.45, 2.75) is 31.7 Å². The molecule has 0 bridgehead atoms. The molecule has 9 heteroatoms. The first-order valence-corrected chi connectivity index (χ1v) is 10.2. The predicted octanol–water partition coefficient (Wildman–Crippen LogP) is 1.17. The van der Waals surface area contributed by atoms with E-state index in [1.807, 2.05) is 0 Å². The van der Waals surface area contributed by atoms with Gasteiger partial charge in [-0.15, -0.1) is 0 Å². The summed E-state index contributed by atoms with van der Waals surface area (Å²) in [5, 5.41) is 6.66. The molecule has 2 heterocycles. The van der Waals surface area contributed by atoms with Crippen LogP contribution in [-0.4, -0.2) is 50.1 Å². The fourth-order valence-electron chi connectivity index (χ4n) is 2.89. The lowest BCUT2D eigenvalue weighted by Gasteiger charge is -2.26. The molecule has 1 saturated heterocycles. The van der Waals surface area contributed by atoms with Crippen LogP contribution in [0.1, 0.15) is 22.6 Å². The first-order valence-electron chi connectivity index (χ1n) is 8.73. The van der Waals surface area contributed by atoms with Gasteiger partial charge < -0.3 is 14.6 Å². The molecular weight excluding hydrogens is 370 g/mol. The van der Waals surface area contributed by atoms with E-state index in [9.17, 15) is 13.2 Å². The number of carbonyl (C=O) groups is 1. The van der Waals surface area contributed by atoms with Crippen LogP contribution in [0.2, 0.25) is 0 Å². The zero-order valence-electron chi connectivity index (χ0n) is 15.4. The number of ether oxygens (including phenoxy) is 1. The second-order valence-electron chi connectivity index (χ2n) is 6.42. The molecule has 0 aliphatic carbocycles. The number of nitrogens with zero attached hydrogens (tertiary/aromatic N) is 2. The second kappa shape index (κ2) is 8.20. The van der Waals surface area contributed by atoms with Gasteiger partial charge in [0.15, 0.2) is 0 Å². The third-order valence-electron chi connectivity index (χ3n) is 4.54. The van der Waals surface area contributed by atoms with E-state index in [2.05, 4.69) is 10.5 Å². The number of morpholine rings is 1. The van der Waals surface area contributed by atoms with Crippen molar-refractivity contribution in [3.63, 3.8) is 0 Å². The van der Waals surface area contributed by atoms with E-state index in [0.29, 0.717) is 44.3 Å². The van der Waals surface area contributed by atoms with E-state index in [-0.39, 0.29) is 17.2 Å². The summed E-state index contributed by atoms with van der Waals surface area (Å²) in [6.07, 6.45) is 0.199. The Bertz CT molecular complexity index is 880. The standard InChI is InChI=1S/C18H23N3O5S/c1-13-17(14(2)26-20-13)11-18(22)19-12-15-3-5-16(6-4-15)27(23,24)21-7-9-25-10-8-21/h3-6H,7-12H2,1-2H3,(H,19,22). The molecule has 1 aromatic carbocycles. The average Bonchev–Trinajstić information content (AvgIpc) is 2.99. The van der Waals surface area contributed by atoms with Crippen molar-refractivity contribution in [3.8, 4) is 0 Å². The monoisotopic (exact) mass is 393 g/mol. The first kappa shape index (κ1) is 19.5. The molecule has 0 atom stereocenters. The molecule has 1 N–H and O–H groups in total. The number of benzene rings is 1. The summed E-state index contributed by atoms with van der Waals surface area (Å²) in [6.45, 7) is 5.44. The number of amides is 1. The van der Waals surface area contributed by atoms with Crippen LogP contribution in [0.4, 0.5) is 0 Å². The predicted molar refractivity (Wildman–Crippen MR) is 97.5 cm³/mol. The molecule has 1 aromatic heterocycles. The highest BCUT2D eigenvalue weighted by molar-refractivity contribution is 7.89. The van der Waals surface area contributed by atoms with Gasteiger partial charge in [-0.3, -0.25) is 4.79 Å². The Balaban J connectivity index is 1.58. The van der Waals surface area contributed by atoms with Gasteiger partial charge in [-0.05, 0) is 31.5 Å². The van der Waals surface area contributed by atoms with Gasteiger partial charge >= 0.3 is 0 Å². The molecule has 0 radical (unpaired) electrons. The smallest absolute Gasteiger partial charge is 0.243 e. The first-order chi connectivity index (χ1) is 12.9. The van der Waals surface area contributed by atoms with E-state index >= 15 is 0 Å². The Hall–Kier alpha value is -2.23. The molecule has 1 aliphatic rings. The number of aromatic nitrogens is 1. The largest absolute Gasteiger partial charge is 0.379 e. The number of rotatable bonds is 6. The molecule has 1 aliphatic heterocycles. The van der Waals surface area contributed by atoms with E-state index in [4.69, 9.17) is 9.26 Å². The van der Waals surface area contributed by atoms with Crippen LogP contribution in [0.3, 0.4) is 0 Å². The summed E-state index contributed by atoms with van der Waals surface area (Å²) in [7, 11) is -3.51. The van der Waals surface area contributed by atoms with Crippen LogP contribution in [0, 0.1) is 13.8 Å². The van der Waals surface area contributed by atoms with Crippen molar-refractivity contribution in [1.82, 2.24) is 14.8 Å². The third-order valence-corrected chi connectivity index (χ3v) is 6.45. The van der Waals surface area contributed by atoms with Crippen molar-refractivity contribution in [2.24, 2.45) is 0 Å². The van der Waals surface area contributed by atoms with Crippen molar-refractivity contribution < 1.29 is 22.5 Å². The average molecular weight is 393 g/mol. The Kier molecular flexibility index (Phi) is 5.93. The number of nitrogens with one attached hydrogen (secondary N) is 1. The number of carbonyl (C=O) groups excluding carboxylic acids is 1. The summed E-state index contributed by atoms with van der Waals surface area (Å²) in [5.41, 5.74) is 2.32. The maximum atomic E-state index is 12.6. The lowest BCUT2D eigenvalue weighted by Crippen LogP contribution is -2.40. The number of sulfonamides is 1. The van der Waals surface area contributed by atoms with E-state index < -0.39 is 10.0 Å². The zero-order valence-corrected chi connectivity index (χ0v) is 16.2. The van der Waals surface area contributed by atoms with E-state index in [1.54, 1.807) is 38.1 Å². The molecular formula is C18H23N3O5S. The summed E-state index contributed by atoms with van der Waals surface area (Å²) in [4.78, 5) is 12.4. The van der Waals surface area contributed by atoms with Crippen molar-refractivity contribution in [1.29, 1.82) is 0 Å². The number of aryl methyl sites for hydroxylation is 2. The van der Waals surface area contributed by atoms with Gasteiger partial charge in [0.1, 0.15) is 5.76 Å². The summed E-state index contributed by atoms with van der Waals surface area (Å²) >= 11 is 0. The summed E-state index contributed by atoms with van der Waals surface area (Å²) in [6, 6.07) is 6.56. The van der Waals surface area contributed by atoms with Gasteiger partial charge in [0.05, 0.1) is 30.2 Å². The van der Waals surface area contributed by atoms with Crippen LogP contribution in [-0.2, 0) is 32.5 Å². The number of hydrogen-bond donors (Lipinski definition) is 1. The summed E-state index contributed by atoms with van der Waals surface area (Å²) in [5.74, 6) is 0.495. The maximum Gasteiger partial charge on any atom is 0.243 e. The molecule has 0 saturated carbocycles. The van der Waals surface area contributed by atoms with Crippen molar-refractivity contribution in [2.75, 3.05) is 26.3 Å². The Labute approximate surface area is 158 Å². The minimum absolute atomic E-state index is 0.144. The minimum atomic E-state index is -3.51. The SMILES string of the molecule is Cc1noc(C)c1CC(=O)NCc1ccc(S(=O)(=O)N2CCOCC2)cc1. The van der Waals surface area contributed by atoms with Gasteiger partial charge in [-0.25, -0.2) is 8.42 Å². The van der Waals surface area contributed by atoms with Gasteiger partial charge in [0, 0.05) is 25.2 Å². The van der Waals surface area contributed by atoms with Gasteiger partial charge in [0.25, 0.3) is 0 Å². The molecule has 2 aromatic rings. The topological polar surface area (TPSA) is 102 Å². The Morgan fingerprint density at radius 1 is 1.19 bits per heavy atom. The zero-order chi connectivity index (χ0) is 19.4. The van der Waals surface area contributed by atoms with Crippen LogP contribution >= 0.6 is 0 Å². The lowest BCUT2D eigenvalue weighted by atomic mass is 10.1. The molecule has 1 amide bonds. The van der Waals surface area contributed by atoms with Crippen molar-refractivity contribution >= 4 is 15.9 Å². The van der Waals surface area contributed by atoms with Crippen LogP contribution in [0.25, 0.3) is 0 Å². The molecule has 8 nitrogen and oxygen atoms in total. The maximum absolute atomic E-state index is 12.6. The third kappa shape index (κ3) is 4.55. The van der Waals surface area contributed by atoms with Crippen LogP contribution < -0.4 is 5.32 Å². The lowest BCUT2D eigenvalue weighted by molar-refractivity contribution is -0.120. The van der Waals surface area contributed by atoms with Crippen molar-refractivity contribution in [3.05, 3.63) is 46.8 Å². The Morgan fingerprint density at radius 2 is 1.85 bits per heavy atom. The molecule has 0 unspecified atom stereocenters. The highest BCUT2D eigenvalue weighted by Gasteiger charge is 2.26. The van der Waals surface area contributed by atoms with E-state index in [0.717, 1.165) is 11.1 Å². The fourth-order valence-corrected chi connectivity index (χ4v) is 4.30. The highest BCUT2D eigenvalue weighted by Crippen LogP contribution is 2.18. The molecule has 3 rings (SSSR count). The van der Waals surface area contributed by atoms with Crippen LogP contribution in [0.15, 0.2) is 33.7 Å². The van der Waals surface area contributed by atoms with E-state index in [1.165, 1.54) is 4.31 Å².